The van der Waals surface area contributed by atoms with Crippen LogP contribution in [0.2, 0.25) is 0 Å². The summed E-state index contributed by atoms with van der Waals surface area (Å²) in [6.45, 7) is 1.08. The first-order chi connectivity index (χ1) is 10.0. The molecule has 114 valence electrons. The van der Waals surface area contributed by atoms with Gasteiger partial charge in [0.2, 0.25) is 5.82 Å². The molecule has 0 aromatic heterocycles. The molecule has 0 bridgehead atoms. The third kappa shape index (κ3) is 2.48. The summed E-state index contributed by atoms with van der Waals surface area (Å²) >= 11 is 0. The molecule has 0 radical (unpaired) electrons. The van der Waals surface area contributed by atoms with Gasteiger partial charge in [0.1, 0.15) is 5.69 Å². The number of rotatable bonds is 2. The normalized spacial score (nSPS) is 29.0. The van der Waals surface area contributed by atoms with E-state index in [1.807, 2.05) is 4.90 Å². The minimum atomic E-state index is -0.804. The van der Waals surface area contributed by atoms with Crippen molar-refractivity contribution in [3.05, 3.63) is 34.1 Å². The van der Waals surface area contributed by atoms with Crippen LogP contribution in [-0.4, -0.2) is 28.7 Å². The van der Waals surface area contributed by atoms with Gasteiger partial charge in [0.05, 0.1) is 10.5 Å². The number of benzene rings is 1. The number of halogens is 1. The molecule has 1 aliphatic carbocycles. The molecule has 3 rings (SSSR count). The number of hydrogen-bond donors (Lipinski definition) is 1. The first-order valence-corrected chi connectivity index (χ1v) is 7.41. The van der Waals surface area contributed by atoms with Crippen LogP contribution in [-0.2, 0) is 0 Å². The van der Waals surface area contributed by atoms with Gasteiger partial charge in [-0.3, -0.25) is 10.1 Å². The lowest BCUT2D eigenvalue weighted by atomic mass is 9.71. The lowest BCUT2D eigenvalue weighted by Gasteiger charge is -2.47. The number of para-hydroxylation sites is 1. The van der Waals surface area contributed by atoms with Crippen LogP contribution in [0.15, 0.2) is 18.2 Å². The smallest absolute Gasteiger partial charge is 0.327 e. The number of aliphatic hydroxyl groups is 1. The SMILES string of the molecule is O=[N+]([O-])c1c(F)cccc1N1CCC2(O)CCCCC2C1. The highest BCUT2D eigenvalue weighted by Gasteiger charge is 2.43. The van der Waals surface area contributed by atoms with Gasteiger partial charge < -0.3 is 10.0 Å². The predicted molar refractivity (Wildman–Crippen MR) is 76.8 cm³/mol. The number of piperidine rings is 1. The van der Waals surface area contributed by atoms with Crippen molar-refractivity contribution in [1.29, 1.82) is 0 Å². The maximum absolute atomic E-state index is 13.7. The molecule has 0 spiro atoms. The van der Waals surface area contributed by atoms with E-state index in [0.29, 0.717) is 25.2 Å². The molecule has 2 fully saturated rings. The van der Waals surface area contributed by atoms with E-state index in [0.717, 1.165) is 31.7 Å². The first kappa shape index (κ1) is 14.3. The van der Waals surface area contributed by atoms with Crippen LogP contribution in [0.25, 0.3) is 0 Å². The Morgan fingerprint density at radius 3 is 2.95 bits per heavy atom. The summed E-state index contributed by atoms with van der Waals surface area (Å²) in [7, 11) is 0. The Morgan fingerprint density at radius 1 is 1.38 bits per heavy atom. The fraction of sp³-hybridized carbons (Fsp3) is 0.600. The maximum atomic E-state index is 13.7. The van der Waals surface area contributed by atoms with E-state index in [9.17, 15) is 19.6 Å². The second kappa shape index (κ2) is 5.26. The van der Waals surface area contributed by atoms with E-state index in [1.54, 1.807) is 6.07 Å². The Bertz CT molecular complexity index is 566. The highest BCUT2D eigenvalue weighted by Crippen LogP contribution is 2.42. The second-order valence-corrected chi connectivity index (χ2v) is 6.11. The van der Waals surface area contributed by atoms with Gasteiger partial charge in [-0.25, -0.2) is 0 Å². The molecule has 2 atom stereocenters. The molecule has 1 heterocycles. The third-order valence-corrected chi connectivity index (χ3v) is 4.92. The van der Waals surface area contributed by atoms with Crippen LogP contribution in [0.5, 0.6) is 0 Å². The third-order valence-electron chi connectivity index (χ3n) is 4.92. The average Bonchev–Trinajstić information content (AvgIpc) is 2.45. The number of nitro benzene ring substituents is 1. The van der Waals surface area contributed by atoms with E-state index in [2.05, 4.69) is 0 Å². The molecule has 0 amide bonds. The molecule has 1 aromatic rings. The van der Waals surface area contributed by atoms with Gasteiger partial charge in [0.15, 0.2) is 0 Å². The minimum absolute atomic E-state index is 0.114. The fourth-order valence-electron chi connectivity index (χ4n) is 3.73. The lowest BCUT2D eigenvalue weighted by molar-refractivity contribution is -0.386. The first-order valence-electron chi connectivity index (χ1n) is 7.41. The van der Waals surface area contributed by atoms with Gasteiger partial charge in [0.25, 0.3) is 0 Å². The second-order valence-electron chi connectivity index (χ2n) is 6.11. The van der Waals surface area contributed by atoms with Crippen molar-refractivity contribution in [2.75, 3.05) is 18.0 Å². The van der Waals surface area contributed by atoms with Gasteiger partial charge in [-0.15, -0.1) is 0 Å². The molecule has 1 aliphatic heterocycles. The van der Waals surface area contributed by atoms with Gasteiger partial charge in [-0.2, -0.15) is 4.39 Å². The van der Waals surface area contributed by atoms with E-state index in [4.69, 9.17) is 0 Å². The zero-order chi connectivity index (χ0) is 15.0. The molecule has 2 aliphatic rings. The standard InChI is InChI=1S/C15H19FN2O3/c16-12-5-3-6-13(14(12)18(20)21)17-9-8-15(19)7-2-1-4-11(15)10-17/h3,5-6,11,19H,1-2,4,7-10H2. The van der Waals surface area contributed by atoms with Crippen molar-refractivity contribution in [2.45, 2.75) is 37.7 Å². The zero-order valence-corrected chi connectivity index (χ0v) is 11.8. The number of fused-ring (bicyclic) bond motifs is 1. The van der Waals surface area contributed by atoms with Crippen molar-refractivity contribution in [1.82, 2.24) is 0 Å². The van der Waals surface area contributed by atoms with Crippen LogP contribution >= 0.6 is 0 Å². The number of anilines is 1. The highest BCUT2D eigenvalue weighted by atomic mass is 19.1. The van der Waals surface area contributed by atoms with Gasteiger partial charge in [-0.1, -0.05) is 18.9 Å². The van der Waals surface area contributed by atoms with E-state index >= 15 is 0 Å². The molecule has 2 unspecified atom stereocenters. The van der Waals surface area contributed by atoms with E-state index in [1.165, 1.54) is 6.07 Å². The number of nitrogens with zero attached hydrogens (tertiary/aromatic N) is 2. The Balaban J connectivity index is 1.89. The monoisotopic (exact) mass is 294 g/mol. The molecular weight excluding hydrogens is 275 g/mol. The molecular formula is C15H19FN2O3. The maximum Gasteiger partial charge on any atom is 0.327 e. The topological polar surface area (TPSA) is 66.6 Å². The average molecular weight is 294 g/mol. The number of nitro groups is 1. The summed E-state index contributed by atoms with van der Waals surface area (Å²) < 4.78 is 13.7. The Hall–Kier alpha value is -1.69. The van der Waals surface area contributed by atoms with Crippen LogP contribution in [0, 0.1) is 21.8 Å². The summed E-state index contributed by atoms with van der Waals surface area (Å²) in [4.78, 5) is 12.3. The highest BCUT2D eigenvalue weighted by molar-refractivity contribution is 5.64. The molecule has 1 saturated carbocycles. The largest absolute Gasteiger partial charge is 0.389 e. The zero-order valence-electron chi connectivity index (χ0n) is 11.8. The Labute approximate surface area is 122 Å². The van der Waals surface area contributed by atoms with Gasteiger partial charge in [-0.05, 0) is 31.4 Å². The van der Waals surface area contributed by atoms with Crippen molar-refractivity contribution < 1.29 is 14.4 Å². The van der Waals surface area contributed by atoms with Crippen LogP contribution in [0.4, 0.5) is 15.8 Å². The summed E-state index contributed by atoms with van der Waals surface area (Å²) in [6.07, 6.45) is 4.43. The van der Waals surface area contributed by atoms with Crippen LogP contribution < -0.4 is 4.90 Å². The van der Waals surface area contributed by atoms with Crippen LogP contribution in [0.1, 0.15) is 32.1 Å². The van der Waals surface area contributed by atoms with E-state index in [-0.39, 0.29) is 5.92 Å². The minimum Gasteiger partial charge on any atom is -0.389 e. The summed E-state index contributed by atoms with van der Waals surface area (Å²) in [5, 5.41) is 21.8. The fourth-order valence-corrected chi connectivity index (χ4v) is 3.73. The number of hydrogen-bond acceptors (Lipinski definition) is 4. The molecule has 1 saturated heterocycles. The molecule has 1 N–H and O–H groups in total. The quantitative estimate of drug-likeness (QED) is 0.673. The van der Waals surface area contributed by atoms with Crippen molar-refractivity contribution in [3.8, 4) is 0 Å². The summed E-state index contributed by atoms with van der Waals surface area (Å²) in [5.74, 6) is -0.690. The predicted octanol–water partition coefficient (Wildman–Crippen LogP) is 2.87. The summed E-state index contributed by atoms with van der Waals surface area (Å²) in [6, 6.07) is 4.20. The molecule has 5 nitrogen and oxygen atoms in total. The molecule has 6 heteroatoms. The molecule has 21 heavy (non-hydrogen) atoms. The van der Waals surface area contributed by atoms with Crippen molar-refractivity contribution in [3.63, 3.8) is 0 Å². The van der Waals surface area contributed by atoms with E-state index < -0.39 is 22.0 Å². The lowest BCUT2D eigenvalue weighted by Crippen LogP contribution is -2.53. The Kier molecular flexibility index (Phi) is 3.57. The van der Waals surface area contributed by atoms with Crippen molar-refractivity contribution in [2.24, 2.45) is 5.92 Å². The van der Waals surface area contributed by atoms with Crippen molar-refractivity contribution >= 4 is 11.4 Å². The van der Waals surface area contributed by atoms with Gasteiger partial charge in [0, 0.05) is 19.0 Å². The summed E-state index contributed by atoms with van der Waals surface area (Å²) in [5.41, 5.74) is -0.775. The van der Waals surface area contributed by atoms with Crippen LogP contribution in [0.3, 0.4) is 0 Å². The molecule has 1 aromatic carbocycles. The van der Waals surface area contributed by atoms with Gasteiger partial charge >= 0.3 is 5.69 Å². The Morgan fingerprint density at radius 2 is 2.19 bits per heavy atom.